The monoisotopic (exact) mass is 431 g/mol. The molecule has 0 saturated heterocycles. The summed E-state index contributed by atoms with van der Waals surface area (Å²) in [5.41, 5.74) is 3.87. The lowest BCUT2D eigenvalue weighted by molar-refractivity contribution is 0.444. The number of hydrogen-bond donors (Lipinski definition) is 2. The van der Waals surface area contributed by atoms with Crippen LogP contribution in [0.2, 0.25) is 0 Å². The molecule has 0 radical (unpaired) electrons. The number of pyridine rings is 1. The van der Waals surface area contributed by atoms with Gasteiger partial charge in [-0.2, -0.15) is 0 Å². The van der Waals surface area contributed by atoms with Crippen molar-refractivity contribution in [2.24, 2.45) is 0 Å². The van der Waals surface area contributed by atoms with Crippen LogP contribution in [-0.4, -0.2) is 28.1 Å². The van der Waals surface area contributed by atoms with Gasteiger partial charge in [-0.05, 0) is 35.4 Å². The third-order valence-corrected chi connectivity index (χ3v) is 4.45. The molecule has 0 fully saturated rings. The molecule has 0 aliphatic carbocycles. The van der Waals surface area contributed by atoms with E-state index in [1.54, 1.807) is 23.9 Å². The Labute approximate surface area is 181 Å². The Morgan fingerprint density at radius 1 is 1.19 bits per heavy atom. The molecule has 2 aromatic heterocycles. The average molecular weight is 432 g/mol. The Balaban J connectivity index is 0.000000214. The maximum atomic E-state index is 13.0. The maximum Gasteiger partial charge on any atom is 0.194 e. The van der Waals surface area contributed by atoms with E-state index in [0.29, 0.717) is 11.4 Å². The quantitative estimate of drug-likeness (QED) is 0.584. The highest BCUT2D eigenvalue weighted by Crippen LogP contribution is 2.15. The zero-order valence-corrected chi connectivity index (χ0v) is 18.1. The number of anilines is 1. The van der Waals surface area contributed by atoms with E-state index >= 15 is 0 Å². The number of fused-ring (bicyclic) bond motifs is 1. The highest BCUT2D eigenvalue weighted by atomic mass is 19.2. The van der Waals surface area contributed by atoms with Crippen molar-refractivity contribution in [3.05, 3.63) is 83.3 Å². The number of halogens is 3. The highest BCUT2D eigenvalue weighted by molar-refractivity contribution is 5.43. The summed E-state index contributed by atoms with van der Waals surface area (Å²) in [4.78, 5) is 8.46. The summed E-state index contributed by atoms with van der Waals surface area (Å²) < 4.78 is 40.3. The summed E-state index contributed by atoms with van der Waals surface area (Å²) in [7, 11) is 1.71. The third kappa shape index (κ3) is 6.68. The average Bonchev–Trinajstić information content (AvgIpc) is 3.26. The molecule has 0 unspecified atom stereocenters. The first kappa shape index (κ1) is 24.1. The van der Waals surface area contributed by atoms with Crippen LogP contribution in [0.5, 0.6) is 0 Å². The second kappa shape index (κ2) is 11.9. The second-order valence-electron chi connectivity index (χ2n) is 6.53. The van der Waals surface area contributed by atoms with Gasteiger partial charge in [-0.3, -0.25) is 4.98 Å². The van der Waals surface area contributed by atoms with E-state index in [4.69, 9.17) is 0 Å². The van der Waals surface area contributed by atoms with E-state index in [2.05, 4.69) is 33.2 Å². The normalized spacial score (nSPS) is 11.9. The van der Waals surface area contributed by atoms with Gasteiger partial charge in [-0.15, -0.1) is 0 Å². The zero-order chi connectivity index (χ0) is 22.8. The van der Waals surface area contributed by atoms with Gasteiger partial charge in [0.2, 0.25) is 0 Å². The van der Waals surface area contributed by atoms with Crippen LogP contribution in [0.25, 0.3) is 6.08 Å². The Kier molecular flexibility index (Phi) is 9.27. The van der Waals surface area contributed by atoms with Gasteiger partial charge in [-0.1, -0.05) is 26.5 Å². The summed E-state index contributed by atoms with van der Waals surface area (Å²) in [5, 5.41) is 6.14. The predicted octanol–water partition coefficient (Wildman–Crippen LogP) is 4.79. The molecule has 3 aromatic rings. The molecule has 4 rings (SSSR count). The van der Waals surface area contributed by atoms with Gasteiger partial charge in [0.05, 0.1) is 12.0 Å². The van der Waals surface area contributed by atoms with Gasteiger partial charge in [0.25, 0.3) is 0 Å². The van der Waals surface area contributed by atoms with E-state index in [0.717, 1.165) is 37.3 Å². The SMILES string of the molecule is C=Cc1ccc2c(n1)CCNC2.CC.CNc1cn(Cc2cc(F)c(F)c(F)c2)cn1. The number of hydrogen-bond acceptors (Lipinski definition) is 4. The highest BCUT2D eigenvalue weighted by Gasteiger charge is 2.11. The van der Waals surface area contributed by atoms with E-state index in [1.807, 2.05) is 19.9 Å². The fraction of sp³-hybridized carbons (Fsp3) is 0.304. The van der Waals surface area contributed by atoms with Crippen LogP contribution in [0, 0.1) is 17.5 Å². The van der Waals surface area contributed by atoms with Gasteiger partial charge < -0.3 is 15.2 Å². The predicted molar refractivity (Wildman–Crippen MR) is 118 cm³/mol. The number of nitrogens with one attached hydrogen (secondary N) is 2. The summed E-state index contributed by atoms with van der Waals surface area (Å²) in [6.07, 6.45) is 6.03. The Morgan fingerprint density at radius 2 is 1.90 bits per heavy atom. The van der Waals surface area contributed by atoms with Crippen LogP contribution in [0.15, 0.2) is 43.4 Å². The standard InChI is InChI=1S/C11H10F3N3.C10H12N2.C2H6/c1-15-10-5-17(6-16-10)4-7-2-8(12)11(14)9(13)3-7;1-2-9-4-3-8-7-11-6-5-10(8)12-9;1-2/h2-3,5-6,15H,4H2,1H3;2-4,11H,1,5-7H2;1-2H3. The molecule has 1 aliphatic rings. The van der Waals surface area contributed by atoms with E-state index < -0.39 is 17.5 Å². The molecular formula is C23H28F3N5. The number of benzene rings is 1. The molecule has 166 valence electrons. The van der Waals surface area contributed by atoms with Crippen molar-refractivity contribution in [3.8, 4) is 0 Å². The fourth-order valence-electron chi connectivity index (χ4n) is 2.95. The van der Waals surface area contributed by atoms with Crippen LogP contribution in [-0.2, 0) is 19.5 Å². The molecule has 1 aromatic carbocycles. The van der Waals surface area contributed by atoms with Crippen molar-refractivity contribution < 1.29 is 13.2 Å². The minimum absolute atomic E-state index is 0.225. The number of aromatic nitrogens is 3. The van der Waals surface area contributed by atoms with Crippen LogP contribution in [0.4, 0.5) is 19.0 Å². The number of rotatable bonds is 4. The zero-order valence-electron chi connectivity index (χ0n) is 18.1. The molecule has 1 aliphatic heterocycles. The van der Waals surface area contributed by atoms with Gasteiger partial charge >= 0.3 is 0 Å². The Bertz CT molecular complexity index is 978. The number of imidazole rings is 1. The fourth-order valence-corrected chi connectivity index (χ4v) is 2.95. The van der Waals surface area contributed by atoms with Crippen molar-refractivity contribution in [2.45, 2.75) is 33.4 Å². The second-order valence-corrected chi connectivity index (χ2v) is 6.53. The molecular weight excluding hydrogens is 403 g/mol. The summed E-state index contributed by atoms with van der Waals surface area (Å²) in [6, 6.07) is 6.08. The molecule has 0 bridgehead atoms. The lowest BCUT2D eigenvalue weighted by Gasteiger charge is -2.15. The van der Waals surface area contributed by atoms with Crippen LogP contribution in [0.1, 0.15) is 36.4 Å². The van der Waals surface area contributed by atoms with E-state index in [9.17, 15) is 13.2 Å². The van der Waals surface area contributed by atoms with Gasteiger partial charge in [0.1, 0.15) is 5.82 Å². The van der Waals surface area contributed by atoms with E-state index in [-0.39, 0.29) is 6.54 Å². The molecule has 31 heavy (non-hydrogen) atoms. The molecule has 0 atom stereocenters. The van der Waals surface area contributed by atoms with Crippen molar-refractivity contribution >= 4 is 11.9 Å². The van der Waals surface area contributed by atoms with Crippen molar-refractivity contribution in [1.82, 2.24) is 19.9 Å². The first-order valence-electron chi connectivity index (χ1n) is 10.1. The van der Waals surface area contributed by atoms with Crippen LogP contribution in [0.3, 0.4) is 0 Å². The third-order valence-electron chi connectivity index (χ3n) is 4.45. The minimum Gasteiger partial charge on any atom is -0.372 e. The van der Waals surface area contributed by atoms with E-state index in [1.165, 1.54) is 17.6 Å². The molecule has 2 N–H and O–H groups in total. The largest absolute Gasteiger partial charge is 0.372 e. The molecule has 3 heterocycles. The van der Waals surface area contributed by atoms with Crippen molar-refractivity contribution in [1.29, 1.82) is 0 Å². The number of nitrogens with zero attached hydrogens (tertiary/aromatic N) is 3. The van der Waals surface area contributed by atoms with Gasteiger partial charge in [0, 0.05) is 45.0 Å². The Morgan fingerprint density at radius 3 is 2.52 bits per heavy atom. The molecule has 8 heteroatoms. The first-order valence-corrected chi connectivity index (χ1v) is 10.1. The lowest BCUT2D eigenvalue weighted by atomic mass is 10.1. The Hall–Kier alpha value is -3.13. The summed E-state index contributed by atoms with van der Waals surface area (Å²) >= 11 is 0. The smallest absolute Gasteiger partial charge is 0.194 e. The molecule has 0 amide bonds. The first-order chi connectivity index (χ1) is 15.0. The van der Waals surface area contributed by atoms with Crippen molar-refractivity contribution in [2.75, 3.05) is 18.9 Å². The van der Waals surface area contributed by atoms with Crippen molar-refractivity contribution in [3.63, 3.8) is 0 Å². The maximum absolute atomic E-state index is 13.0. The molecule has 5 nitrogen and oxygen atoms in total. The minimum atomic E-state index is -1.45. The topological polar surface area (TPSA) is 54.8 Å². The molecule has 0 spiro atoms. The summed E-state index contributed by atoms with van der Waals surface area (Å²) in [6.45, 7) is 9.93. The van der Waals surface area contributed by atoms with Crippen LogP contribution < -0.4 is 10.6 Å². The van der Waals surface area contributed by atoms with Crippen LogP contribution >= 0.6 is 0 Å². The lowest BCUT2D eigenvalue weighted by Crippen LogP contribution is -2.24. The van der Waals surface area contributed by atoms with Gasteiger partial charge in [0.15, 0.2) is 17.5 Å². The van der Waals surface area contributed by atoms with Gasteiger partial charge in [-0.25, -0.2) is 18.2 Å². The molecule has 0 saturated carbocycles. The summed E-state index contributed by atoms with van der Waals surface area (Å²) in [5.74, 6) is -3.17.